The minimum Gasteiger partial charge on any atom is -0.406 e. The average molecular weight is 247 g/mol. The number of benzene rings is 1. The highest BCUT2D eigenvalue weighted by Crippen LogP contribution is 2.22. The van der Waals surface area contributed by atoms with Crippen LogP contribution >= 0.6 is 12.2 Å². The number of halogens is 3. The fraction of sp³-hybridized carbons (Fsp3) is 0.200. The molecule has 1 rings (SSSR count). The molecule has 0 bridgehead atoms. The molecule has 0 N–H and O–H groups in total. The summed E-state index contributed by atoms with van der Waals surface area (Å²) < 4.78 is 39.5. The zero-order valence-corrected chi connectivity index (χ0v) is 8.89. The lowest BCUT2D eigenvalue weighted by molar-refractivity contribution is -0.274. The molecule has 0 unspecified atom stereocenters. The molecule has 0 aliphatic heterocycles. The number of hydrogen-bond donors (Lipinski definition) is 0. The first-order valence-corrected chi connectivity index (χ1v) is 4.78. The first-order valence-electron chi connectivity index (χ1n) is 4.30. The van der Waals surface area contributed by atoms with E-state index in [1.165, 1.54) is 29.8 Å². The topological polar surface area (TPSA) is 21.6 Å². The van der Waals surface area contributed by atoms with Crippen molar-refractivity contribution in [2.24, 2.45) is 4.99 Å². The van der Waals surface area contributed by atoms with Crippen molar-refractivity contribution >= 4 is 23.8 Å². The largest absolute Gasteiger partial charge is 0.573 e. The molecular weight excluding hydrogens is 239 g/mol. The Labute approximate surface area is 95.8 Å². The highest BCUT2D eigenvalue weighted by Gasteiger charge is 2.30. The van der Waals surface area contributed by atoms with Gasteiger partial charge in [0.1, 0.15) is 5.75 Å². The number of rotatable bonds is 4. The summed E-state index contributed by atoms with van der Waals surface area (Å²) in [7, 11) is 0. The van der Waals surface area contributed by atoms with Crippen molar-refractivity contribution in [3.63, 3.8) is 0 Å². The molecule has 0 aliphatic rings. The third-order valence-corrected chi connectivity index (χ3v) is 1.66. The second-order valence-electron chi connectivity index (χ2n) is 2.78. The van der Waals surface area contributed by atoms with Gasteiger partial charge in [-0.1, -0.05) is 24.4 Å². The predicted octanol–water partition coefficient (Wildman–Crippen LogP) is 3.00. The maximum atomic E-state index is 11.9. The van der Waals surface area contributed by atoms with Crippen LogP contribution in [0.4, 0.5) is 13.2 Å². The number of ether oxygens (including phenoxy) is 1. The van der Waals surface area contributed by atoms with Crippen molar-refractivity contribution in [2.75, 3.05) is 6.54 Å². The highest BCUT2D eigenvalue weighted by molar-refractivity contribution is 7.79. The van der Waals surface area contributed by atoms with Gasteiger partial charge in [-0.15, -0.1) is 13.2 Å². The van der Waals surface area contributed by atoms with Gasteiger partial charge in [0.05, 0.1) is 6.54 Å². The minimum absolute atomic E-state index is 0.265. The van der Waals surface area contributed by atoms with Crippen LogP contribution in [0.25, 0.3) is 0 Å². The molecule has 0 atom stereocenters. The van der Waals surface area contributed by atoms with Gasteiger partial charge in [0.25, 0.3) is 0 Å². The van der Waals surface area contributed by atoms with Gasteiger partial charge >= 0.3 is 6.36 Å². The quantitative estimate of drug-likeness (QED) is 0.602. The van der Waals surface area contributed by atoms with E-state index in [0.717, 1.165) is 0 Å². The lowest BCUT2D eigenvalue weighted by atomic mass is 10.2. The van der Waals surface area contributed by atoms with Crippen molar-refractivity contribution in [2.45, 2.75) is 6.36 Å². The maximum absolute atomic E-state index is 11.9. The van der Waals surface area contributed by atoms with Crippen molar-refractivity contribution in [1.82, 2.24) is 0 Å². The Bertz CT molecular complexity index is 390. The van der Waals surface area contributed by atoms with E-state index in [4.69, 9.17) is 0 Å². The first kappa shape index (κ1) is 12.6. The lowest BCUT2D eigenvalue weighted by Crippen LogP contribution is -2.17. The number of aliphatic imine (C=N–C) groups is 1. The van der Waals surface area contributed by atoms with Crippen LogP contribution in [-0.4, -0.2) is 24.5 Å². The van der Waals surface area contributed by atoms with Crippen LogP contribution in [0.3, 0.4) is 0 Å². The fourth-order valence-corrected chi connectivity index (χ4v) is 1.08. The standard InChI is InChI=1S/C10H8F3NOS/c11-10(12,13)15-9-3-1-2-8(6-9)7-14-4-5-16/h1-3,5-7H,4H2. The van der Waals surface area contributed by atoms with Gasteiger partial charge in [0, 0.05) is 11.6 Å². The molecule has 0 fully saturated rings. The Hall–Kier alpha value is -1.43. The van der Waals surface area contributed by atoms with Crippen LogP contribution in [0, 0.1) is 0 Å². The molecule has 0 amide bonds. The molecule has 0 saturated carbocycles. The van der Waals surface area contributed by atoms with Gasteiger partial charge in [-0.2, -0.15) is 0 Å². The molecule has 6 heteroatoms. The molecule has 1 aromatic carbocycles. The van der Waals surface area contributed by atoms with Gasteiger partial charge in [-0.05, 0) is 17.7 Å². The summed E-state index contributed by atoms with van der Waals surface area (Å²) in [6.45, 7) is 0.347. The average Bonchev–Trinajstić information content (AvgIpc) is 2.16. The summed E-state index contributed by atoms with van der Waals surface area (Å²) in [6.07, 6.45) is -3.24. The van der Waals surface area contributed by atoms with E-state index >= 15 is 0 Å². The van der Waals surface area contributed by atoms with Crippen LogP contribution in [0.5, 0.6) is 5.75 Å². The van der Waals surface area contributed by atoms with E-state index in [0.29, 0.717) is 12.1 Å². The Balaban J connectivity index is 2.75. The SMILES string of the molecule is FC(F)(F)Oc1cccc(C=NCC=S)c1. The highest BCUT2D eigenvalue weighted by atomic mass is 32.1. The summed E-state index contributed by atoms with van der Waals surface area (Å²) >= 11 is 4.55. The molecule has 0 radical (unpaired) electrons. The van der Waals surface area contributed by atoms with Crippen molar-refractivity contribution in [3.05, 3.63) is 29.8 Å². The van der Waals surface area contributed by atoms with Crippen LogP contribution in [0.15, 0.2) is 29.3 Å². The molecule has 0 spiro atoms. The summed E-state index contributed by atoms with van der Waals surface area (Å²) in [5.74, 6) is -0.265. The van der Waals surface area contributed by atoms with Crippen molar-refractivity contribution in [3.8, 4) is 5.75 Å². The van der Waals surface area contributed by atoms with E-state index < -0.39 is 6.36 Å². The fourth-order valence-electron chi connectivity index (χ4n) is 0.993. The van der Waals surface area contributed by atoms with Gasteiger partial charge in [-0.25, -0.2) is 0 Å². The number of hydrogen-bond acceptors (Lipinski definition) is 3. The van der Waals surface area contributed by atoms with Crippen LogP contribution in [-0.2, 0) is 0 Å². The molecule has 0 heterocycles. The van der Waals surface area contributed by atoms with E-state index in [-0.39, 0.29) is 5.75 Å². The molecule has 86 valence electrons. The summed E-state index contributed by atoms with van der Waals surface area (Å²) in [5.41, 5.74) is 0.526. The second-order valence-corrected chi connectivity index (χ2v) is 3.11. The second kappa shape index (κ2) is 5.60. The number of alkyl halides is 3. The van der Waals surface area contributed by atoms with Crippen LogP contribution in [0.1, 0.15) is 5.56 Å². The number of thiocarbonyl (C=S) groups is 1. The monoisotopic (exact) mass is 247 g/mol. The molecule has 0 aliphatic carbocycles. The smallest absolute Gasteiger partial charge is 0.406 e. The van der Waals surface area contributed by atoms with E-state index in [1.807, 2.05) is 0 Å². The molecule has 1 aromatic rings. The first-order chi connectivity index (χ1) is 7.51. The molecular formula is C10H8F3NOS. The lowest BCUT2D eigenvalue weighted by Gasteiger charge is -2.08. The van der Waals surface area contributed by atoms with E-state index in [2.05, 4.69) is 21.9 Å². The zero-order valence-electron chi connectivity index (χ0n) is 8.07. The predicted molar refractivity (Wildman–Crippen MR) is 59.2 cm³/mol. The summed E-state index contributed by atoms with van der Waals surface area (Å²) in [4.78, 5) is 3.88. The van der Waals surface area contributed by atoms with Crippen LogP contribution in [0.2, 0.25) is 0 Å². The van der Waals surface area contributed by atoms with Gasteiger partial charge in [-0.3, -0.25) is 4.99 Å². The van der Waals surface area contributed by atoms with E-state index in [1.54, 1.807) is 6.07 Å². The Morgan fingerprint density at radius 1 is 1.38 bits per heavy atom. The summed E-state index contributed by atoms with van der Waals surface area (Å²) in [6, 6.07) is 5.56. The zero-order chi connectivity index (χ0) is 12.0. The Morgan fingerprint density at radius 3 is 2.75 bits per heavy atom. The maximum Gasteiger partial charge on any atom is 0.573 e. The van der Waals surface area contributed by atoms with Gasteiger partial charge in [0.2, 0.25) is 0 Å². The van der Waals surface area contributed by atoms with Gasteiger partial charge in [0.15, 0.2) is 0 Å². The van der Waals surface area contributed by atoms with Crippen LogP contribution < -0.4 is 4.74 Å². The molecule has 0 aromatic heterocycles. The van der Waals surface area contributed by atoms with Gasteiger partial charge < -0.3 is 4.74 Å². The normalized spacial score (nSPS) is 11.7. The Morgan fingerprint density at radius 2 is 2.12 bits per heavy atom. The summed E-state index contributed by atoms with van der Waals surface area (Å²) in [5, 5.41) is 1.42. The molecule has 0 saturated heterocycles. The molecule has 16 heavy (non-hydrogen) atoms. The third-order valence-electron chi connectivity index (χ3n) is 1.51. The van der Waals surface area contributed by atoms with Crippen molar-refractivity contribution in [1.29, 1.82) is 0 Å². The third kappa shape index (κ3) is 4.88. The van der Waals surface area contributed by atoms with E-state index in [9.17, 15) is 13.2 Å². The minimum atomic E-state index is -4.68. The number of nitrogens with zero attached hydrogens (tertiary/aromatic N) is 1. The Kier molecular flexibility index (Phi) is 4.42. The van der Waals surface area contributed by atoms with Crippen molar-refractivity contribution < 1.29 is 17.9 Å². The molecule has 2 nitrogen and oxygen atoms in total.